The lowest BCUT2D eigenvalue weighted by atomic mass is 10.0. The van der Waals surface area contributed by atoms with Gasteiger partial charge in [0.25, 0.3) is 0 Å². The van der Waals surface area contributed by atoms with Crippen molar-refractivity contribution >= 4 is 20.9 Å². The Hall–Kier alpha value is -2.25. The number of halogens is 1. The van der Waals surface area contributed by atoms with Crippen LogP contribution in [0.5, 0.6) is 0 Å². The largest absolute Gasteiger partial charge is 0.387 e. The Morgan fingerprint density at radius 1 is 1.22 bits per heavy atom. The maximum atomic E-state index is 13.5. The summed E-state index contributed by atoms with van der Waals surface area (Å²) in [7, 11) is -2.96. The third-order valence-electron chi connectivity index (χ3n) is 5.12. The van der Waals surface area contributed by atoms with E-state index in [9.17, 15) is 17.9 Å². The van der Waals surface area contributed by atoms with E-state index in [1.807, 2.05) is 28.8 Å². The van der Waals surface area contributed by atoms with Crippen molar-refractivity contribution in [3.8, 4) is 0 Å². The van der Waals surface area contributed by atoms with Crippen LogP contribution in [0.3, 0.4) is 0 Å². The molecule has 3 aromatic rings. The van der Waals surface area contributed by atoms with E-state index in [1.165, 1.54) is 12.1 Å². The van der Waals surface area contributed by atoms with Crippen LogP contribution in [0.25, 0.3) is 11.0 Å². The lowest BCUT2D eigenvalue weighted by Crippen LogP contribution is -2.15. The molecule has 4 rings (SSSR count). The number of imidazole rings is 1. The van der Waals surface area contributed by atoms with E-state index in [0.29, 0.717) is 18.4 Å². The smallest absolute Gasteiger partial charge is 0.150 e. The summed E-state index contributed by atoms with van der Waals surface area (Å²) in [6.45, 7) is 0.235. The van der Waals surface area contributed by atoms with Crippen molar-refractivity contribution in [2.75, 3.05) is 11.5 Å². The molecule has 0 amide bonds. The molecule has 2 atom stereocenters. The highest BCUT2D eigenvalue weighted by molar-refractivity contribution is 7.91. The summed E-state index contributed by atoms with van der Waals surface area (Å²) in [5.74, 6) is 0.816. The number of aliphatic hydroxyl groups excluding tert-OH is 1. The SMILES string of the molecule is O=S1(=O)CC[C@H](Cc2nc3ccccc3n2C[C@@H](O)c2cccc(F)c2)C1. The topological polar surface area (TPSA) is 72.2 Å². The van der Waals surface area contributed by atoms with Crippen molar-refractivity contribution in [3.05, 3.63) is 65.7 Å². The first kappa shape index (κ1) is 18.1. The third-order valence-corrected chi connectivity index (χ3v) is 6.96. The van der Waals surface area contributed by atoms with Crippen molar-refractivity contribution < 1.29 is 17.9 Å². The van der Waals surface area contributed by atoms with Crippen LogP contribution in [0.4, 0.5) is 4.39 Å². The van der Waals surface area contributed by atoms with E-state index < -0.39 is 21.8 Å². The third kappa shape index (κ3) is 3.89. The standard InChI is InChI=1S/C20H21FN2O3S/c21-16-5-3-4-15(11-16)19(24)12-23-18-7-2-1-6-17(18)22-20(23)10-14-8-9-27(25,26)13-14/h1-7,11,14,19,24H,8-10,12-13H2/t14-,19-/m1/s1. The predicted molar refractivity (Wildman–Crippen MR) is 102 cm³/mol. The van der Waals surface area contributed by atoms with Gasteiger partial charge in [0.1, 0.15) is 11.6 Å². The van der Waals surface area contributed by atoms with E-state index in [0.717, 1.165) is 16.9 Å². The quantitative estimate of drug-likeness (QED) is 0.730. The number of fused-ring (bicyclic) bond motifs is 1. The van der Waals surface area contributed by atoms with Gasteiger partial charge in [-0.3, -0.25) is 0 Å². The van der Waals surface area contributed by atoms with Gasteiger partial charge in [-0.15, -0.1) is 0 Å². The van der Waals surface area contributed by atoms with Gasteiger partial charge in [-0.2, -0.15) is 0 Å². The molecule has 1 aromatic heterocycles. The molecule has 27 heavy (non-hydrogen) atoms. The molecule has 0 radical (unpaired) electrons. The van der Waals surface area contributed by atoms with Gasteiger partial charge in [0.2, 0.25) is 0 Å². The summed E-state index contributed by atoms with van der Waals surface area (Å²) < 4.78 is 39.0. The monoisotopic (exact) mass is 388 g/mol. The van der Waals surface area contributed by atoms with E-state index in [2.05, 4.69) is 4.98 Å². The van der Waals surface area contributed by atoms with E-state index in [4.69, 9.17) is 0 Å². The van der Waals surface area contributed by atoms with Crippen LogP contribution in [-0.4, -0.2) is 34.6 Å². The summed E-state index contributed by atoms with van der Waals surface area (Å²) in [5, 5.41) is 10.6. The number of para-hydroxylation sites is 2. The molecule has 5 nitrogen and oxygen atoms in total. The zero-order valence-electron chi connectivity index (χ0n) is 14.8. The molecule has 2 heterocycles. The molecular formula is C20H21FN2O3S. The number of benzene rings is 2. The van der Waals surface area contributed by atoms with Crippen molar-refractivity contribution in [2.24, 2.45) is 5.92 Å². The summed E-state index contributed by atoms with van der Waals surface area (Å²) >= 11 is 0. The molecule has 1 N–H and O–H groups in total. The number of aliphatic hydroxyl groups is 1. The van der Waals surface area contributed by atoms with Crippen molar-refractivity contribution in [3.63, 3.8) is 0 Å². The van der Waals surface area contributed by atoms with Crippen LogP contribution in [0, 0.1) is 11.7 Å². The highest BCUT2D eigenvalue weighted by atomic mass is 32.2. The Kier molecular flexibility index (Phi) is 4.74. The molecule has 1 saturated heterocycles. The summed E-state index contributed by atoms with van der Waals surface area (Å²) in [4.78, 5) is 4.67. The maximum absolute atomic E-state index is 13.5. The number of hydrogen-bond donors (Lipinski definition) is 1. The molecule has 0 unspecified atom stereocenters. The van der Waals surface area contributed by atoms with Gasteiger partial charge in [-0.1, -0.05) is 24.3 Å². The molecule has 142 valence electrons. The number of aromatic nitrogens is 2. The average Bonchev–Trinajstić information content (AvgIpc) is 3.15. The van der Waals surface area contributed by atoms with Gasteiger partial charge in [-0.25, -0.2) is 17.8 Å². The second-order valence-electron chi connectivity index (χ2n) is 7.17. The molecule has 2 aromatic carbocycles. The van der Waals surface area contributed by atoms with E-state index in [1.54, 1.807) is 12.1 Å². The lowest BCUT2D eigenvalue weighted by molar-refractivity contribution is 0.156. The number of sulfone groups is 1. The molecular weight excluding hydrogens is 367 g/mol. The summed E-state index contributed by atoms with van der Waals surface area (Å²) in [6, 6.07) is 13.6. The van der Waals surface area contributed by atoms with Crippen molar-refractivity contribution in [1.29, 1.82) is 0 Å². The zero-order chi connectivity index (χ0) is 19.0. The van der Waals surface area contributed by atoms with Gasteiger partial charge in [0.15, 0.2) is 9.84 Å². The van der Waals surface area contributed by atoms with Crippen molar-refractivity contribution in [1.82, 2.24) is 9.55 Å². The van der Waals surface area contributed by atoms with Gasteiger partial charge in [0, 0.05) is 6.42 Å². The first-order chi connectivity index (χ1) is 12.9. The minimum Gasteiger partial charge on any atom is -0.387 e. The number of nitrogens with zero attached hydrogens (tertiary/aromatic N) is 2. The van der Waals surface area contributed by atoms with E-state index >= 15 is 0 Å². The number of hydrogen-bond acceptors (Lipinski definition) is 4. The Balaban J connectivity index is 1.66. The molecule has 0 spiro atoms. The number of rotatable bonds is 5. The van der Waals surface area contributed by atoms with Crippen LogP contribution < -0.4 is 0 Å². The Labute approximate surface area is 157 Å². The lowest BCUT2D eigenvalue weighted by Gasteiger charge is -2.16. The first-order valence-electron chi connectivity index (χ1n) is 8.99. The highest BCUT2D eigenvalue weighted by Gasteiger charge is 2.29. The normalized spacial score (nSPS) is 20.1. The van der Waals surface area contributed by atoms with Crippen LogP contribution in [0.2, 0.25) is 0 Å². The summed E-state index contributed by atoms with van der Waals surface area (Å²) in [5.41, 5.74) is 2.19. The average molecular weight is 388 g/mol. The molecule has 0 aliphatic carbocycles. The summed E-state index contributed by atoms with van der Waals surface area (Å²) in [6.07, 6.45) is 0.297. The Morgan fingerprint density at radius 3 is 2.78 bits per heavy atom. The predicted octanol–water partition coefficient (Wildman–Crippen LogP) is 2.89. The van der Waals surface area contributed by atoms with E-state index in [-0.39, 0.29) is 24.0 Å². The minimum atomic E-state index is -2.96. The molecule has 1 fully saturated rings. The van der Waals surface area contributed by atoms with Gasteiger partial charge in [-0.05, 0) is 42.2 Å². The molecule has 1 aliphatic rings. The minimum absolute atomic E-state index is 0.0388. The highest BCUT2D eigenvalue weighted by Crippen LogP contribution is 2.27. The second kappa shape index (κ2) is 7.05. The van der Waals surface area contributed by atoms with Gasteiger partial charge < -0.3 is 9.67 Å². The fraction of sp³-hybridized carbons (Fsp3) is 0.350. The van der Waals surface area contributed by atoms with Crippen molar-refractivity contribution in [2.45, 2.75) is 25.5 Å². The van der Waals surface area contributed by atoms with Crippen LogP contribution in [0.15, 0.2) is 48.5 Å². The molecule has 1 aliphatic heterocycles. The maximum Gasteiger partial charge on any atom is 0.150 e. The zero-order valence-corrected chi connectivity index (χ0v) is 15.6. The van der Waals surface area contributed by atoms with Crippen LogP contribution in [-0.2, 0) is 22.8 Å². The Morgan fingerprint density at radius 2 is 2.04 bits per heavy atom. The van der Waals surface area contributed by atoms with Crippen LogP contribution in [0.1, 0.15) is 23.9 Å². The Bertz CT molecular complexity index is 1080. The molecule has 0 saturated carbocycles. The van der Waals surface area contributed by atoms with Gasteiger partial charge >= 0.3 is 0 Å². The van der Waals surface area contributed by atoms with Gasteiger partial charge in [0.05, 0.1) is 35.2 Å². The first-order valence-corrected chi connectivity index (χ1v) is 10.8. The van der Waals surface area contributed by atoms with Crippen LogP contribution >= 0.6 is 0 Å². The molecule has 7 heteroatoms. The molecule has 0 bridgehead atoms. The fourth-order valence-corrected chi connectivity index (χ4v) is 5.63. The fourth-order valence-electron chi connectivity index (χ4n) is 3.77. The second-order valence-corrected chi connectivity index (χ2v) is 9.40.